The number of hydrogen-bond donors (Lipinski definition) is 2. The maximum atomic E-state index is 11.5. The fourth-order valence-electron chi connectivity index (χ4n) is 1.52. The number of rotatable bonds is 2. The van der Waals surface area contributed by atoms with Crippen molar-refractivity contribution in [3.8, 4) is 0 Å². The molecule has 0 aromatic carbocycles. The van der Waals surface area contributed by atoms with E-state index in [4.69, 9.17) is 9.84 Å². The number of fused-ring (bicyclic) bond motifs is 1. The Morgan fingerprint density at radius 1 is 1.64 bits per heavy atom. The van der Waals surface area contributed by atoms with Crippen molar-refractivity contribution in [2.75, 3.05) is 6.61 Å². The quantitative estimate of drug-likeness (QED) is 0.660. The monoisotopic (exact) mass is 198 g/mol. The molecule has 1 aliphatic heterocycles. The fraction of sp³-hybridized carbons (Fsp3) is 0.500. The Balaban J connectivity index is 2.38. The highest BCUT2D eigenvalue weighted by molar-refractivity contribution is 5.66. The second-order valence-corrected chi connectivity index (χ2v) is 3.16. The minimum absolute atomic E-state index is 0.275. The highest BCUT2D eigenvalue weighted by Gasteiger charge is 2.18. The van der Waals surface area contributed by atoms with E-state index in [0.29, 0.717) is 18.6 Å². The molecule has 1 aromatic rings. The molecule has 6 nitrogen and oxygen atoms in total. The van der Waals surface area contributed by atoms with Crippen LogP contribution in [0.25, 0.3) is 0 Å². The Morgan fingerprint density at radius 3 is 3.07 bits per heavy atom. The van der Waals surface area contributed by atoms with Crippen molar-refractivity contribution in [3.05, 3.63) is 21.6 Å². The zero-order valence-electron chi connectivity index (χ0n) is 7.45. The molecule has 76 valence electrons. The standard InChI is InChI=1S/C8H10N2O4/c11-7(12)3-10-8(13)5-4-14-2-1-6(5)9-10/h9H,1-4H2,(H,11,12). The lowest BCUT2D eigenvalue weighted by Crippen LogP contribution is -2.23. The first-order chi connectivity index (χ1) is 6.68. The molecule has 0 spiro atoms. The number of aliphatic carboxylic acids is 1. The van der Waals surface area contributed by atoms with Gasteiger partial charge >= 0.3 is 5.97 Å². The molecule has 0 atom stereocenters. The average molecular weight is 198 g/mol. The van der Waals surface area contributed by atoms with Crippen LogP contribution in [0.1, 0.15) is 11.3 Å². The van der Waals surface area contributed by atoms with Crippen LogP contribution in [-0.4, -0.2) is 27.5 Å². The Kier molecular flexibility index (Phi) is 2.12. The van der Waals surface area contributed by atoms with Gasteiger partial charge < -0.3 is 9.84 Å². The van der Waals surface area contributed by atoms with Gasteiger partial charge in [0.05, 0.1) is 18.8 Å². The number of nitrogens with zero attached hydrogens (tertiary/aromatic N) is 1. The number of aromatic amines is 1. The highest BCUT2D eigenvalue weighted by atomic mass is 16.5. The van der Waals surface area contributed by atoms with Gasteiger partial charge in [-0.25, -0.2) is 4.68 Å². The first-order valence-corrected chi connectivity index (χ1v) is 4.28. The number of carboxylic acid groups (broad SMARTS) is 1. The average Bonchev–Trinajstić information content (AvgIpc) is 2.44. The van der Waals surface area contributed by atoms with Crippen LogP contribution < -0.4 is 5.56 Å². The summed E-state index contributed by atoms with van der Waals surface area (Å²) in [6.45, 7) is 0.517. The number of aromatic nitrogens is 2. The summed E-state index contributed by atoms with van der Waals surface area (Å²) in [5.74, 6) is -1.04. The van der Waals surface area contributed by atoms with Gasteiger partial charge in [0.25, 0.3) is 5.56 Å². The van der Waals surface area contributed by atoms with E-state index in [1.165, 1.54) is 0 Å². The Bertz CT molecular complexity index is 417. The predicted molar refractivity (Wildman–Crippen MR) is 46.0 cm³/mol. The van der Waals surface area contributed by atoms with E-state index in [0.717, 1.165) is 10.4 Å². The van der Waals surface area contributed by atoms with Gasteiger partial charge in [-0.2, -0.15) is 0 Å². The maximum absolute atomic E-state index is 11.5. The molecule has 0 fully saturated rings. The second-order valence-electron chi connectivity index (χ2n) is 3.16. The summed E-state index contributed by atoms with van der Waals surface area (Å²) in [5.41, 5.74) is 1.06. The number of nitrogens with one attached hydrogen (secondary N) is 1. The lowest BCUT2D eigenvalue weighted by Gasteiger charge is -2.08. The molecule has 2 rings (SSSR count). The van der Waals surface area contributed by atoms with E-state index in [1.54, 1.807) is 0 Å². The zero-order valence-corrected chi connectivity index (χ0v) is 7.45. The molecular formula is C8H10N2O4. The van der Waals surface area contributed by atoms with Crippen LogP contribution in [0.4, 0.5) is 0 Å². The Labute approximate surface area is 79.1 Å². The second kappa shape index (κ2) is 3.30. The Hall–Kier alpha value is -1.56. The molecule has 0 amide bonds. The van der Waals surface area contributed by atoms with Crippen LogP contribution in [0.15, 0.2) is 4.79 Å². The molecule has 6 heteroatoms. The smallest absolute Gasteiger partial charge is 0.325 e. The van der Waals surface area contributed by atoms with Gasteiger partial charge in [-0.1, -0.05) is 0 Å². The summed E-state index contributed by atoms with van der Waals surface area (Å²) in [6.07, 6.45) is 0.636. The topological polar surface area (TPSA) is 84.3 Å². The minimum Gasteiger partial charge on any atom is -0.480 e. The van der Waals surface area contributed by atoms with Crippen molar-refractivity contribution in [3.63, 3.8) is 0 Å². The van der Waals surface area contributed by atoms with E-state index in [2.05, 4.69) is 5.10 Å². The van der Waals surface area contributed by atoms with Crippen LogP contribution >= 0.6 is 0 Å². The Morgan fingerprint density at radius 2 is 2.43 bits per heavy atom. The third kappa shape index (κ3) is 1.44. The molecule has 0 bridgehead atoms. The van der Waals surface area contributed by atoms with Crippen molar-refractivity contribution >= 4 is 5.97 Å². The molecule has 1 aliphatic rings. The van der Waals surface area contributed by atoms with E-state index < -0.39 is 5.97 Å². The van der Waals surface area contributed by atoms with Crippen LogP contribution in [0.5, 0.6) is 0 Å². The first kappa shape index (κ1) is 9.01. The summed E-state index contributed by atoms with van der Waals surface area (Å²) in [4.78, 5) is 22.0. The van der Waals surface area contributed by atoms with E-state index >= 15 is 0 Å². The largest absolute Gasteiger partial charge is 0.480 e. The summed E-state index contributed by atoms with van der Waals surface area (Å²) < 4.78 is 6.21. The molecule has 0 radical (unpaired) electrons. The van der Waals surface area contributed by atoms with Gasteiger partial charge in [-0.05, 0) is 0 Å². The number of H-pyrrole nitrogens is 1. The van der Waals surface area contributed by atoms with E-state index in [1.807, 2.05) is 0 Å². The number of ether oxygens (including phenoxy) is 1. The SMILES string of the molecule is O=C(O)Cn1[nH]c2c(c1=O)COCC2. The molecular weight excluding hydrogens is 188 g/mol. The van der Waals surface area contributed by atoms with Crippen LogP contribution in [-0.2, 0) is 29.1 Å². The molecule has 1 aromatic heterocycles. The predicted octanol–water partition coefficient (Wildman–Crippen LogP) is -0.666. The number of carbonyl (C=O) groups is 1. The van der Waals surface area contributed by atoms with Crippen LogP contribution in [0.3, 0.4) is 0 Å². The normalized spacial score (nSPS) is 15.1. The van der Waals surface area contributed by atoms with Crippen LogP contribution in [0.2, 0.25) is 0 Å². The minimum atomic E-state index is -1.04. The number of hydrogen-bond acceptors (Lipinski definition) is 3. The van der Waals surface area contributed by atoms with Gasteiger partial charge in [0.1, 0.15) is 6.54 Å². The number of carboxylic acids is 1. The third-order valence-corrected chi connectivity index (χ3v) is 2.17. The lowest BCUT2D eigenvalue weighted by molar-refractivity contribution is -0.137. The van der Waals surface area contributed by atoms with Gasteiger partial charge in [0, 0.05) is 12.1 Å². The lowest BCUT2D eigenvalue weighted by atomic mass is 10.2. The van der Waals surface area contributed by atoms with Gasteiger partial charge in [0.15, 0.2) is 0 Å². The summed E-state index contributed by atoms with van der Waals surface area (Å²) in [7, 11) is 0. The maximum Gasteiger partial charge on any atom is 0.325 e. The van der Waals surface area contributed by atoms with Gasteiger partial charge in [-0.3, -0.25) is 14.7 Å². The molecule has 14 heavy (non-hydrogen) atoms. The van der Waals surface area contributed by atoms with E-state index in [9.17, 15) is 9.59 Å². The molecule has 0 saturated carbocycles. The summed E-state index contributed by atoms with van der Waals surface area (Å²) in [5, 5.41) is 11.3. The van der Waals surface area contributed by atoms with E-state index in [-0.39, 0.29) is 18.7 Å². The van der Waals surface area contributed by atoms with Crippen molar-refractivity contribution < 1.29 is 14.6 Å². The molecule has 2 heterocycles. The molecule has 0 saturated heterocycles. The van der Waals surface area contributed by atoms with Crippen LogP contribution in [0, 0.1) is 0 Å². The summed E-state index contributed by atoms with van der Waals surface area (Å²) in [6, 6.07) is 0. The summed E-state index contributed by atoms with van der Waals surface area (Å²) >= 11 is 0. The van der Waals surface area contributed by atoms with Crippen molar-refractivity contribution in [2.45, 2.75) is 19.6 Å². The van der Waals surface area contributed by atoms with Crippen molar-refractivity contribution in [2.24, 2.45) is 0 Å². The van der Waals surface area contributed by atoms with Crippen molar-refractivity contribution in [1.82, 2.24) is 9.78 Å². The van der Waals surface area contributed by atoms with Gasteiger partial charge in [0.2, 0.25) is 0 Å². The first-order valence-electron chi connectivity index (χ1n) is 4.28. The molecule has 2 N–H and O–H groups in total. The molecule has 0 aliphatic carbocycles. The fourth-order valence-corrected chi connectivity index (χ4v) is 1.52. The third-order valence-electron chi connectivity index (χ3n) is 2.17. The van der Waals surface area contributed by atoms with Gasteiger partial charge in [-0.15, -0.1) is 0 Å². The van der Waals surface area contributed by atoms with Crippen molar-refractivity contribution in [1.29, 1.82) is 0 Å². The molecule has 0 unspecified atom stereocenters. The highest BCUT2D eigenvalue weighted by Crippen LogP contribution is 2.09. The zero-order chi connectivity index (χ0) is 10.1.